The van der Waals surface area contributed by atoms with Gasteiger partial charge in [0.15, 0.2) is 6.61 Å². The van der Waals surface area contributed by atoms with E-state index in [2.05, 4.69) is 10.4 Å². The fourth-order valence-corrected chi connectivity index (χ4v) is 2.46. The molecule has 1 aromatic heterocycles. The maximum atomic E-state index is 11.8. The van der Waals surface area contributed by atoms with Gasteiger partial charge in [0.25, 0.3) is 5.91 Å². The van der Waals surface area contributed by atoms with E-state index in [0.717, 1.165) is 22.5 Å². The van der Waals surface area contributed by atoms with Gasteiger partial charge in [0.05, 0.1) is 5.69 Å². The highest BCUT2D eigenvalue weighted by molar-refractivity contribution is 5.92. The van der Waals surface area contributed by atoms with Gasteiger partial charge >= 0.3 is 5.97 Å². The fourth-order valence-electron chi connectivity index (χ4n) is 2.46. The van der Waals surface area contributed by atoms with E-state index in [9.17, 15) is 9.59 Å². The van der Waals surface area contributed by atoms with Gasteiger partial charge in [-0.1, -0.05) is 17.7 Å². The van der Waals surface area contributed by atoms with Gasteiger partial charge in [-0.15, -0.1) is 0 Å². The molecular weight excluding hydrogens is 306 g/mol. The summed E-state index contributed by atoms with van der Waals surface area (Å²) in [5.41, 5.74) is 4.81. The van der Waals surface area contributed by atoms with Crippen LogP contribution in [-0.4, -0.2) is 28.3 Å². The first kappa shape index (κ1) is 17.7. The van der Waals surface area contributed by atoms with Gasteiger partial charge in [0.1, 0.15) is 0 Å². The Bertz CT molecular complexity index is 733. The van der Waals surface area contributed by atoms with Crippen LogP contribution in [0.5, 0.6) is 0 Å². The van der Waals surface area contributed by atoms with E-state index >= 15 is 0 Å². The van der Waals surface area contributed by atoms with Gasteiger partial charge in [0, 0.05) is 24.8 Å². The highest BCUT2D eigenvalue weighted by atomic mass is 16.5. The number of hydrogen-bond donors (Lipinski definition) is 1. The van der Waals surface area contributed by atoms with Gasteiger partial charge in [-0.2, -0.15) is 5.10 Å². The number of aryl methyl sites for hydroxylation is 3. The average molecular weight is 329 g/mol. The number of carbonyl (C=O) groups is 2. The number of aromatic nitrogens is 2. The van der Waals surface area contributed by atoms with Gasteiger partial charge in [0.2, 0.25) is 0 Å². The third kappa shape index (κ3) is 4.68. The quantitative estimate of drug-likeness (QED) is 0.826. The minimum atomic E-state index is -0.392. The molecular formula is C18H23N3O3. The summed E-state index contributed by atoms with van der Waals surface area (Å²) in [6.45, 7) is 5.58. The summed E-state index contributed by atoms with van der Waals surface area (Å²) in [6, 6.07) is 7.42. The van der Waals surface area contributed by atoms with Crippen LogP contribution in [0.3, 0.4) is 0 Å². The highest BCUT2D eigenvalue weighted by Crippen LogP contribution is 2.14. The maximum absolute atomic E-state index is 11.8. The monoisotopic (exact) mass is 329 g/mol. The van der Waals surface area contributed by atoms with E-state index in [4.69, 9.17) is 4.74 Å². The summed E-state index contributed by atoms with van der Waals surface area (Å²) >= 11 is 0. The third-order valence-electron chi connectivity index (χ3n) is 3.94. The Morgan fingerprint density at radius 2 is 1.83 bits per heavy atom. The van der Waals surface area contributed by atoms with Crippen molar-refractivity contribution in [1.82, 2.24) is 9.78 Å². The molecule has 0 saturated heterocycles. The number of nitrogens with one attached hydrogen (secondary N) is 1. The van der Waals surface area contributed by atoms with Crippen LogP contribution in [0.25, 0.3) is 0 Å². The average Bonchev–Trinajstić information content (AvgIpc) is 2.78. The molecule has 128 valence electrons. The van der Waals surface area contributed by atoms with Crippen LogP contribution in [0.2, 0.25) is 0 Å². The van der Waals surface area contributed by atoms with E-state index in [1.807, 2.05) is 52.1 Å². The zero-order valence-corrected chi connectivity index (χ0v) is 14.5. The number of hydrogen-bond acceptors (Lipinski definition) is 4. The van der Waals surface area contributed by atoms with Crippen molar-refractivity contribution in [3.63, 3.8) is 0 Å². The lowest BCUT2D eigenvalue weighted by atomic mass is 10.1. The molecule has 6 nitrogen and oxygen atoms in total. The molecule has 1 N–H and O–H groups in total. The molecule has 0 unspecified atom stereocenters. The van der Waals surface area contributed by atoms with Crippen molar-refractivity contribution in [3.05, 3.63) is 46.8 Å². The van der Waals surface area contributed by atoms with Gasteiger partial charge in [-0.3, -0.25) is 14.3 Å². The molecule has 0 aliphatic heterocycles. The number of ether oxygens (including phenoxy) is 1. The van der Waals surface area contributed by atoms with Crippen LogP contribution < -0.4 is 5.32 Å². The normalized spacial score (nSPS) is 10.5. The predicted molar refractivity (Wildman–Crippen MR) is 91.8 cm³/mol. The molecule has 0 saturated carbocycles. The molecule has 6 heteroatoms. The number of esters is 1. The molecule has 0 atom stereocenters. The Kier molecular flexibility index (Phi) is 5.73. The van der Waals surface area contributed by atoms with Crippen molar-refractivity contribution in [2.75, 3.05) is 11.9 Å². The predicted octanol–water partition coefficient (Wildman–Crippen LogP) is 2.46. The Balaban J connectivity index is 1.76. The van der Waals surface area contributed by atoms with Crippen molar-refractivity contribution in [3.8, 4) is 0 Å². The summed E-state index contributed by atoms with van der Waals surface area (Å²) < 4.78 is 6.83. The first-order valence-corrected chi connectivity index (χ1v) is 7.88. The number of rotatable bonds is 6. The second kappa shape index (κ2) is 7.77. The van der Waals surface area contributed by atoms with Crippen molar-refractivity contribution in [2.45, 2.75) is 33.6 Å². The van der Waals surface area contributed by atoms with Crippen molar-refractivity contribution < 1.29 is 14.3 Å². The fraction of sp³-hybridized carbons (Fsp3) is 0.389. The van der Waals surface area contributed by atoms with Crippen LogP contribution >= 0.6 is 0 Å². The topological polar surface area (TPSA) is 73.2 Å². The molecule has 0 aliphatic carbocycles. The number of nitrogens with zero attached hydrogens (tertiary/aromatic N) is 2. The number of carbonyl (C=O) groups excluding carboxylic acids is 2. The number of amides is 1. The first-order valence-electron chi connectivity index (χ1n) is 7.88. The SMILES string of the molecule is Cc1ccc(NC(=O)COC(=O)CCc2c(C)nn(C)c2C)cc1. The molecule has 1 aromatic carbocycles. The number of anilines is 1. The Labute approximate surface area is 141 Å². The van der Waals surface area contributed by atoms with Crippen LogP contribution in [-0.2, 0) is 27.8 Å². The van der Waals surface area contributed by atoms with Crippen LogP contribution in [0.1, 0.15) is 28.9 Å². The van der Waals surface area contributed by atoms with E-state index < -0.39 is 5.97 Å². The lowest BCUT2D eigenvalue weighted by molar-refractivity contribution is -0.147. The smallest absolute Gasteiger partial charge is 0.306 e. The van der Waals surface area contributed by atoms with E-state index in [1.54, 1.807) is 4.68 Å². The molecule has 1 amide bonds. The maximum Gasteiger partial charge on any atom is 0.306 e. The summed E-state index contributed by atoms with van der Waals surface area (Å²) in [5, 5.41) is 7.01. The zero-order chi connectivity index (χ0) is 17.7. The third-order valence-corrected chi connectivity index (χ3v) is 3.94. The number of benzene rings is 1. The van der Waals surface area contributed by atoms with Crippen LogP contribution in [0, 0.1) is 20.8 Å². The Morgan fingerprint density at radius 3 is 2.42 bits per heavy atom. The molecule has 0 bridgehead atoms. The molecule has 1 heterocycles. The highest BCUT2D eigenvalue weighted by Gasteiger charge is 2.13. The minimum absolute atomic E-state index is 0.227. The van der Waals surface area contributed by atoms with Crippen molar-refractivity contribution >= 4 is 17.6 Å². The molecule has 0 fully saturated rings. The van der Waals surface area contributed by atoms with Gasteiger partial charge < -0.3 is 10.1 Å². The van der Waals surface area contributed by atoms with Crippen molar-refractivity contribution in [2.24, 2.45) is 7.05 Å². The van der Waals surface area contributed by atoms with Gasteiger partial charge in [-0.05, 0) is 44.9 Å². The van der Waals surface area contributed by atoms with Crippen LogP contribution in [0.15, 0.2) is 24.3 Å². The lowest BCUT2D eigenvalue weighted by Crippen LogP contribution is -2.21. The van der Waals surface area contributed by atoms with Crippen molar-refractivity contribution in [1.29, 1.82) is 0 Å². The zero-order valence-electron chi connectivity index (χ0n) is 14.5. The lowest BCUT2D eigenvalue weighted by Gasteiger charge is -2.07. The van der Waals surface area contributed by atoms with E-state index in [1.165, 1.54) is 0 Å². The second-order valence-corrected chi connectivity index (χ2v) is 5.85. The standard InChI is InChI=1S/C18H23N3O3/c1-12-5-7-15(8-6-12)19-17(22)11-24-18(23)10-9-16-13(2)20-21(4)14(16)3/h5-8H,9-11H2,1-4H3,(H,19,22). The van der Waals surface area contributed by atoms with E-state index in [-0.39, 0.29) is 18.9 Å². The summed E-state index contributed by atoms with van der Waals surface area (Å²) in [7, 11) is 1.87. The Hall–Kier alpha value is -2.63. The largest absolute Gasteiger partial charge is 0.456 e. The van der Waals surface area contributed by atoms with Crippen LogP contribution in [0.4, 0.5) is 5.69 Å². The molecule has 2 aromatic rings. The van der Waals surface area contributed by atoms with Gasteiger partial charge in [-0.25, -0.2) is 0 Å². The molecule has 24 heavy (non-hydrogen) atoms. The molecule has 2 rings (SSSR count). The van der Waals surface area contributed by atoms with E-state index in [0.29, 0.717) is 12.1 Å². The molecule has 0 aliphatic rings. The minimum Gasteiger partial charge on any atom is -0.456 e. The first-order chi connectivity index (χ1) is 11.4. The summed E-state index contributed by atoms with van der Waals surface area (Å²) in [5.74, 6) is -0.738. The molecule has 0 spiro atoms. The summed E-state index contributed by atoms with van der Waals surface area (Å²) in [6.07, 6.45) is 0.787. The molecule has 0 radical (unpaired) electrons. The Morgan fingerprint density at radius 1 is 1.17 bits per heavy atom. The summed E-state index contributed by atoms with van der Waals surface area (Å²) in [4.78, 5) is 23.6. The second-order valence-electron chi connectivity index (χ2n) is 5.85.